The van der Waals surface area contributed by atoms with Crippen LogP contribution in [-0.4, -0.2) is 24.5 Å². The number of nitrogens with one attached hydrogen (secondary N) is 2. The second-order valence-corrected chi connectivity index (χ2v) is 4.75. The van der Waals surface area contributed by atoms with Crippen LogP contribution in [0.4, 0.5) is 11.4 Å². The van der Waals surface area contributed by atoms with Gasteiger partial charge in [-0.25, -0.2) is 0 Å². The van der Waals surface area contributed by atoms with E-state index in [1.165, 1.54) is 14.0 Å². The van der Waals surface area contributed by atoms with Gasteiger partial charge in [0.15, 0.2) is 5.78 Å². The van der Waals surface area contributed by atoms with Gasteiger partial charge in [0.25, 0.3) is 11.6 Å². The number of benzene rings is 2. The molecule has 0 aliphatic heterocycles. The van der Waals surface area contributed by atoms with Crippen molar-refractivity contribution in [1.82, 2.24) is 0 Å². The molecule has 1 amide bonds. The third kappa shape index (κ3) is 3.32. The molecule has 2 rings (SSSR count). The van der Waals surface area contributed by atoms with E-state index in [1.807, 2.05) is 12.1 Å². The molecule has 0 saturated heterocycles. The van der Waals surface area contributed by atoms with E-state index < -0.39 is 17.4 Å². The maximum absolute atomic E-state index is 12.6. The Kier molecular flexibility index (Phi) is 4.91. The van der Waals surface area contributed by atoms with Crippen LogP contribution in [0.25, 0.3) is 0 Å². The molecular formula is C17H18N2O3. The van der Waals surface area contributed by atoms with Gasteiger partial charge in [-0.1, -0.05) is 36.4 Å². The van der Waals surface area contributed by atoms with Crippen molar-refractivity contribution in [1.29, 1.82) is 0 Å². The van der Waals surface area contributed by atoms with Crippen LogP contribution in [0, 0.1) is 0 Å². The van der Waals surface area contributed by atoms with Crippen LogP contribution in [0.2, 0.25) is 0 Å². The number of hydrogen-bond acceptors (Lipinski definition) is 4. The summed E-state index contributed by atoms with van der Waals surface area (Å²) in [5, 5.41) is 5.57. The molecule has 22 heavy (non-hydrogen) atoms. The number of rotatable bonds is 6. The average Bonchev–Trinajstić information content (AvgIpc) is 2.54. The summed E-state index contributed by atoms with van der Waals surface area (Å²) >= 11 is 0. The molecule has 0 bridgehead atoms. The first kappa shape index (κ1) is 15.7. The van der Waals surface area contributed by atoms with Gasteiger partial charge in [-0.15, -0.1) is 0 Å². The lowest BCUT2D eigenvalue weighted by Crippen LogP contribution is -2.56. The molecule has 114 valence electrons. The summed E-state index contributed by atoms with van der Waals surface area (Å²) in [5.74, 6) is -1.01. The molecule has 1 unspecified atom stereocenters. The summed E-state index contributed by atoms with van der Waals surface area (Å²) in [7, 11) is 1.32. The van der Waals surface area contributed by atoms with Gasteiger partial charge >= 0.3 is 0 Å². The van der Waals surface area contributed by atoms with Crippen LogP contribution in [-0.2, 0) is 14.3 Å². The lowest BCUT2D eigenvalue weighted by Gasteiger charge is -2.30. The molecule has 0 aliphatic rings. The van der Waals surface area contributed by atoms with Gasteiger partial charge in [0, 0.05) is 25.4 Å². The van der Waals surface area contributed by atoms with Gasteiger partial charge in [-0.3, -0.25) is 9.59 Å². The van der Waals surface area contributed by atoms with E-state index >= 15 is 0 Å². The zero-order chi connectivity index (χ0) is 16.0. The second-order valence-electron chi connectivity index (χ2n) is 4.75. The summed E-state index contributed by atoms with van der Waals surface area (Å²) in [5.41, 5.74) is -0.579. The third-order valence-corrected chi connectivity index (χ3v) is 3.25. The van der Waals surface area contributed by atoms with Crippen LogP contribution in [0.3, 0.4) is 0 Å². The Bertz CT molecular complexity index is 643. The summed E-state index contributed by atoms with van der Waals surface area (Å²) in [6.07, 6.45) is 0. The van der Waals surface area contributed by atoms with E-state index in [2.05, 4.69) is 10.6 Å². The number of ketones is 1. The maximum Gasteiger partial charge on any atom is 0.285 e. The Balaban J connectivity index is 2.28. The Labute approximate surface area is 129 Å². The molecule has 0 spiro atoms. The quantitative estimate of drug-likeness (QED) is 0.635. The van der Waals surface area contributed by atoms with E-state index in [0.29, 0.717) is 11.4 Å². The highest BCUT2D eigenvalue weighted by Gasteiger charge is 2.44. The Morgan fingerprint density at radius 3 is 1.86 bits per heavy atom. The van der Waals surface area contributed by atoms with Crippen molar-refractivity contribution >= 4 is 23.1 Å². The molecule has 2 N–H and O–H groups in total. The maximum atomic E-state index is 12.6. The van der Waals surface area contributed by atoms with E-state index in [0.717, 1.165) is 0 Å². The standard InChI is InChI=1S/C17H18N2O3/c1-13(20)17(22-2,19-15-11-7-4-8-12-15)16(21)18-14-9-5-3-6-10-14/h3-12,19H,1-2H3,(H,18,21). The first-order chi connectivity index (χ1) is 10.6. The summed E-state index contributed by atoms with van der Waals surface area (Å²) in [4.78, 5) is 24.7. The van der Waals surface area contributed by atoms with Gasteiger partial charge in [0.05, 0.1) is 0 Å². The molecule has 2 aromatic rings. The number of methoxy groups -OCH3 is 1. The Hall–Kier alpha value is -2.66. The monoisotopic (exact) mass is 298 g/mol. The molecule has 1 atom stereocenters. The lowest BCUT2D eigenvalue weighted by molar-refractivity contribution is -0.147. The SMILES string of the molecule is COC(Nc1ccccc1)(C(C)=O)C(=O)Nc1ccccc1. The minimum Gasteiger partial charge on any atom is -0.345 e. The fourth-order valence-electron chi connectivity index (χ4n) is 2.06. The molecule has 0 saturated carbocycles. The predicted molar refractivity (Wildman–Crippen MR) is 85.6 cm³/mol. The van der Waals surface area contributed by atoms with Crippen LogP contribution in [0.1, 0.15) is 6.92 Å². The molecule has 0 aromatic heterocycles. The number of ether oxygens (including phenoxy) is 1. The summed E-state index contributed by atoms with van der Waals surface area (Å²) in [6.45, 7) is 1.31. The molecule has 2 aromatic carbocycles. The Morgan fingerprint density at radius 2 is 1.41 bits per heavy atom. The smallest absolute Gasteiger partial charge is 0.285 e. The normalized spacial score (nSPS) is 13.0. The predicted octanol–water partition coefficient (Wildman–Crippen LogP) is 2.67. The second kappa shape index (κ2) is 6.87. The Morgan fingerprint density at radius 1 is 0.909 bits per heavy atom. The van der Waals surface area contributed by atoms with Gasteiger partial charge in [0.1, 0.15) is 0 Å². The fourth-order valence-corrected chi connectivity index (χ4v) is 2.06. The number of para-hydroxylation sites is 2. The van der Waals surface area contributed by atoms with Gasteiger partial charge in [0.2, 0.25) is 0 Å². The summed E-state index contributed by atoms with van der Waals surface area (Å²) in [6, 6.07) is 17.9. The highest BCUT2D eigenvalue weighted by atomic mass is 16.5. The zero-order valence-electron chi connectivity index (χ0n) is 12.5. The highest BCUT2D eigenvalue weighted by Crippen LogP contribution is 2.20. The molecule has 0 aliphatic carbocycles. The molecule has 0 radical (unpaired) electrons. The van der Waals surface area contributed by atoms with E-state index in [1.54, 1.807) is 48.5 Å². The van der Waals surface area contributed by atoms with Crippen molar-refractivity contribution in [3.8, 4) is 0 Å². The summed E-state index contributed by atoms with van der Waals surface area (Å²) < 4.78 is 5.26. The fraction of sp³-hybridized carbons (Fsp3) is 0.176. The minimum absolute atomic E-state index is 0.438. The highest BCUT2D eigenvalue weighted by molar-refractivity contribution is 6.15. The number of amides is 1. The molecule has 5 heteroatoms. The molecular weight excluding hydrogens is 280 g/mol. The molecule has 5 nitrogen and oxygen atoms in total. The average molecular weight is 298 g/mol. The van der Waals surface area contributed by atoms with E-state index in [4.69, 9.17) is 4.74 Å². The van der Waals surface area contributed by atoms with Crippen molar-refractivity contribution in [2.24, 2.45) is 0 Å². The van der Waals surface area contributed by atoms with Crippen molar-refractivity contribution < 1.29 is 14.3 Å². The number of hydrogen-bond donors (Lipinski definition) is 2. The third-order valence-electron chi connectivity index (χ3n) is 3.25. The van der Waals surface area contributed by atoms with Crippen LogP contribution >= 0.6 is 0 Å². The van der Waals surface area contributed by atoms with Crippen molar-refractivity contribution in [3.05, 3.63) is 60.7 Å². The van der Waals surface area contributed by atoms with Gasteiger partial charge in [-0.05, 0) is 24.3 Å². The lowest BCUT2D eigenvalue weighted by atomic mass is 10.1. The van der Waals surface area contributed by atoms with Gasteiger partial charge < -0.3 is 15.4 Å². The molecule has 0 fully saturated rings. The number of Topliss-reactive ketones (excluding diaryl/α,β-unsaturated/α-hetero) is 1. The van der Waals surface area contributed by atoms with Crippen LogP contribution in [0.15, 0.2) is 60.7 Å². The molecule has 0 heterocycles. The number of anilines is 2. The topological polar surface area (TPSA) is 67.4 Å². The number of carbonyl (C=O) groups is 2. The van der Waals surface area contributed by atoms with Gasteiger partial charge in [-0.2, -0.15) is 0 Å². The van der Waals surface area contributed by atoms with Crippen molar-refractivity contribution in [2.45, 2.75) is 12.6 Å². The largest absolute Gasteiger partial charge is 0.345 e. The first-order valence-corrected chi connectivity index (χ1v) is 6.84. The zero-order valence-corrected chi connectivity index (χ0v) is 12.5. The van der Waals surface area contributed by atoms with Crippen molar-refractivity contribution in [2.75, 3.05) is 17.7 Å². The van der Waals surface area contributed by atoms with E-state index in [9.17, 15) is 9.59 Å². The first-order valence-electron chi connectivity index (χ1n) is 6.84. The van der Waals surface area contributed by atoms with Crippen molar-refractivity contribution in [3.63, 3.8) is 0 Å². The van der Waals surface area contributed by atoms with E-state index in [-0.39, 0.29) is 0 Å². The minimum atomic E-state index is -1.78. The number of carbonyl (C=O) groups excluding carboxylic acids is 2. The van der Waals surface area contributed by atoms with Crippen LogP contribution < -0.4 is 10.6 Å². The van der Waals surface area contributed by atoms with Crippen LogP contribution in [0.5, 0.6) is 0 Å².